The molecule has 2 atom stereocenters. The second kappa shape index (κ2) is 13.3. The first-order valence-corrected chi connectivity index (χ1v) is 9.93. The molecular weight excluding hydrogens is 395 g/mol. The first kappa shape index (κ1) is 26.1. The molecule has 11 heteroatoms. The number of piperazine rings is 1. The van der Waals surface area contributed by atoms with Crippen LogP contribution in [-0.4, -0.2) is 110 Å². The molecular formula is C18H34F3N3O5. The Morgan fingerprint density at radius 3 is 2.59 bits per heavy atom. The van der Waals surface area contributed by atoms with Crippen LogP contribution in [0.15, 0.2) is 0 Å². The minimum atomic E-state index is -4.93. The minimum absolute atomic E-state index is 0.104. The van der Waals surface area contributed by atoms with Crippen LogP contribution in [0.4, 0.5) is 13.2 Å². The van der Waals surface area contributed by atoms with E-state index in [2.05, 4.69) is 13.8 Å². The van der Waals surface area contributed by atoms with Gasteiger partial charge in [0.2, 0.25) is 0 Å². The second-order valence-corrected chi connectivity index (χ2v) is 7.50. The number of carbonyl (C=O) groups excluding carboxylic acids is 1. The summed E-state index contributed by atoms with van der Waals surface area (Å²) in [6, 6.07) is -0.365. The van der Waals surface area contributed by atoms with E-state index in [4.69, 9.17) is 14.6 Å². The van der Waals surface area contributed by atoms with Crippen molar-refractivity contribution in [1.29, 1.82) is 0 Å². The summed E-state index contributed by atoms with van der Waals surface area (Å²) in [7, 11) is 0. The number of amides is 1. The maximum Gasteiger partial charge on any atom is 0.471 e. The third kappa shape index (κ3) is 11.1. The average Bonchev–Trinajstić information content (AvgIpc) is 2.63. The lowest BCUT2D eigenvalue weighted by molar-refractivity contribution is -0.174. The SMILES string of the molecule is CC(C)CCOC(O)CN1CCN(CCOCCO)C(CNC(=O)C(F)(F)F)C1. The van der Waals surface area contributed by atoms with E-state index in [0.717, 1.165) is 6.42 Å². The number of β-amino-alcohol motifs (C(OH)–C–C–N with tert-alkyl or cyclic N) is 1. The van der Waals surface area contributed by atoms with Crippen LogP contribution in [0, 0.1) is 5.92 Å². The number of nitrogens with zero attached hydrogens (tertiary/aromatic N) is 2. The number of carbonyl (C=O) groups is 1. The lowest BCUT2D eigenvalue weighted by Gasteiger charge is -2.42. The fourth-order valence-corrected chi connectivity index (χ4v) is 2.98. The minimum Gasteiger partial charge on any atom is -0.394 e. The quantitative estimate of drug-likeness (QED) is 0.281. The molecule has 1 amide bonds. The van der Waals surface area contributed by atoms with Crippen molar-refractivity contribution in [1.82, 2.24) is 15.1 Å². The van der Waals surface area contributed by atoms with E-state index >= 15 is 0 Å². The zero-order chi connectivity index (χ0) is 21.9. The molecule has 1 aliphatic heterocycles. The van der Waals surface area contributed by atoms with E-state index in [9.17, 15) is 23.1 Å². The van der Waals surface area contributed by atoms with Crippen molar-refractivity contribution in [2.75, 3.05) is 65.7 Å². The number of nitrogens with one attached hydrogen (secondary N) is 1. The number of alkyl halides is 3. The zero-order valence-electron chi connectivity index (χ0n) is 17.2. The summed E-state index contributed by atoms with van der Waals surface area (Å²) in [6.45, 7) is 7.03. The molecule has 3 N–H and O–H groups in total. The molecule has 0 radical (unpaired) electrons. The zero-order valence-corrected chi connectivity index (χ0v) is 17.2. The summed E-state index contributed by atoms with van der Waals surface area (Å²) in [5.74, 6) is -1.51. The van der Waals surface area contributed by atoms with Gasteiger partial charge in [0.05, 0.1) is 26.4 Å². The maximum atomic E-state index is 12.5. The molecule has 1 saturated heterocycles. The maximum absolute atomic E-state index is 12.5. The highest BCUT2D eigenvalue weighted by Crippen LogP contribution is 2.15. The van der Waals surface area contributed by atoms with E-state index in [1.165, 1.54) is 0 Å². The number of hydrogen-bond donors (Lipinski definition) is 3. The Bertz CT molecular complexity index is 469. The van der Waals surface area contributed by atoms with Crippen molar-refractivity contribution in [3.05, 3.63) is 0 Å². The average molecular weight is 429 g/mol. The Hall–Kier alpha value is -0.980. The van der Waals surface area contributed by atoms with Gasteiger partial charge < -0.3 is 25.0 Å². The highest BCUT2D eigenvalue weighted by molar-refractivity contribution is 5.81. The molecule has 0 aliphatic carbocycles. The number of halogens is 3. The van der Waals surface area contributed by atoms with Crippen LogP contribution >= 0.6 is 0 Å². The molecule has 0 aromatic carbocycles. The molecule has 0 saturated carbocycles. The molecule has 1 fully saturated rings. The lowest BCUT2D eigenvalue weighted by Crippen LogP contribution is -2.59. The number of rotatable bonds is 13. The van der Waals surface area contributed by atoms with Crippen LogP contribution in [0.5, 0.6) is 0 Å². The van der Waals surface area contributed by atoms with Crippen molar-refractivity contribution in [3.63, 3.8) is 0 Å². The van der Waals surface area contributed by atoms with Gasteiger partial charge in [-0.05, 0) is 12.3 Å². The highest BCUT2D eigenvalue weighted by atomic mass is 19.4. The van der Waals surface area contributed by atoms with Gasteiger partial charge in [-0.1, -0.05) is 13.8 Å². The van der Waals surface area contributed by atoms with Crippen LogP contribution in [0.25, 0.3) is 0 Å². The molecule has 29 heavy (non-hydrogen) atoms. The van der Waals surface area contributed by atoms with Gasteiger partial charge in [0, 0.05) is 45.3 Å². The lowest BCUT2D eigenvalue weighted by atomic mass is 10.1. The first-order valence-electron chi connectivity index (χ1n) is 9.93. The topological polar surface area (TPSA) is 94.5 Å². The molecule has 1 rings (SSSR count). The van der Waals surface area contributed by atoms with Crippen molar-refractivity contribution >= 4 is 5.91 Å². The summed E-state index contributed by atoms with van der Waals surface area (Å²) in [5.41, 5.74) is 0. The number of ether oxygens (including phenoxy) is 2. The van der Waals surface area contributed by atoms with E-state index in [-0.39, 0.29) is 32.3 Å². The van der Waals surface area contributed by atoms with Crippen molar-refractivity contribution < 1.29 is 37.7 Å². The van der Waals surface area contributed by atoms with E-state index in [1.807, 2.05) is 15.1 Å². The van der Waals surface area contributed by atoms with E-state index in [1.54, 1.807) is 0 Å². The molecule has 1 heterocycles. The van der Waals surface area contributed by atoms with E-state index < -0.39 is 18.4 Å². The number of aliphatic hydroxyl groups excluding tert-OH is 2. The second-order valence-electron chi connectivity index (χ2n) is 7.50. The van der Waals surface area contributed by atoms with Crippen molar-refractivity contribution in [2.45, 2.75) is 38.8 Å². The van der Waals surface area contributed by atoms with Gasteiger partial charge in [-0.25, -0.2) is 0 Å². The monoisotopic (exact) mass is 429 g/mol. The summed E-state index contributed by atoms with van der Waals surface area (Å²) >= 11 is 0. The Morgan fingerprint density at radius 1 is 1.24 bits per heavy atom. The molecule has 0 bridgehead atoms. The Labute approximate surface area is 169 Å². The first-order chi connectivity index (χ1) is 13.6. The number of hydrogen-bond acceptors (Lipinski definition) is 7. The van der Waals surface area contributed by atoms with Gasteiger partial charge in [-0.3, -0.25) is 14.6 Å². The fourth-order valence-electron chi connectivity index (χ4n) is 2.98. The van der Waals surface area contributed by atoms with Crippen LogP contribution in [-0.2, 0) is 14.3 Å². The molecule has 1 aliphatic rings. The molecule has 0 aromatic heterocycles. The van der Waals surface area contributed by atoms with Gasteiger partial charge in [-0.15, -0.1) is 0 Å². The van der Waals surface area contributed by atoms with Crippen molar-refractivity contribution in [2.24, 2.45) is 5.92 Å². The molecule has 8 nitrogen and oxygen atoms in total. The Balaban J connectivity index is 2.55. The smallest absolute Gasteiger partial charge is 0.394 e. The highest BCUT2D eigenvalue weighted by Gasteiger charge is 2.39. The van der Waals surface area contributed by atoms with Crippen molar-refractivity contribution in [3.8, 4) is 0 Å². The Morgan fingerprint density at radius 2 is 1.97 bits per heavy atom. The molecule has 0 spiro atoms. The van der Waals surface area contributed by atoms with Gasteiger partial charge in [0.15, 0.2) is 6.29 Å². The van der Waals surface area contributed by atoms with Gasteiger partial charge in [0.25, 0.3) is 0 Å². The van der Waals surface area contributed by atoms with E-state index in [0.29, 0.717) is 45.3 Å². The van der Waals surface area contributed by atoms with Crippen LogP contribution in [0.2, 0.25) is 0 Å². The Kier molecular flexibility index (Phi) is 12.0. The van der Waals surface area contributed by atoms with Gasteiger partial charge in [-0.2, -0.15) is 13.2 Å². The fraction of sp³-hybridized carbons (Fsp3) is 0.944. The summed E-state index contributed by atoms with van der Waals surface area (Å²) in [5, 5.41) is 20.7. The van der Waals surface area contributed by atoms with Gasteiger partial charge in [0.1, 0.15) is 0 Å². The largest absolute Gasteiger partial charge is 0.471 e. The normalized spacial score (nSPS) is 20.2. The van der Waals surface area contributed by atoms with Crippen LogP contribution < -0.4 is 5.32 Å². The third-order valence-corrected chi connectivity index (χ3v) is 4.62. The summed E-state index contributed by atoms with van der Waals surface area (Å²) in [6.07, 6.45) is -5.08. The summed E-state index contributed by atoms with van der Waals surface area (Å²) < 4.78 is 48.1. The van der Waals surface area contributed by atoms with Gasteiger partial charge >= 0.3 is 12.1 Å². The standard InChI is InChI=1S/C18H34F3N3O5/c1-14(2)3-8-29-16(26)13-23-4-5-24(6-9-28-10-7-25)15(12-23)11-22-17(27)18(19,20)21/h14-16,25-26H,3-13H2,1-2H3,(H,22,27). The third-order valence-electron chi connectivity index (χ3n) is 4.62. The predicted molar refractivity (Wildman–Crippen MR) is 100 cm³/mol. The summed E-state index contributed by atoms with van der Waals surface area (Å²) in [4.78, 5) is 15.0. The number of aliphatic hydroxyl groups is 2. The molecule has 0 aromatic rings. The van der Waals surface area contributed by atoms with Crippen LogP contribution in [0.1, 0.15) is 20.3 Å². The molecule has 2 unspecified atom stereocenters. The van der Waals surface area contributed by atoms with Crippen LogP contribution in [0.3, 0.4) is 0 Å². The molecule has 172 valence electrons. The predicted octanol–water partition coefficient (Wildman–Crippen LogP) is 0.0411.